The van der Waals surface area contributed by atoms with Gasteiger partial charge in [0.05, 0.1) is 18.9 Å². The number of aromatic nitrogens is 1. The van der Waals surface area contributed by atoms with Crippen molar-refractivity contribution in [2.24, 2.45) is 0 Å². The molecule has 0 bridgehead atoms. The first-order chi connectivity index (χ1) is 9.58. The van der Waals surface area contributed by atoms with E-state index in [-0.39, 0.29) is 0 Å². The highest BCUT2D eigenvalue weighted by molar-refractivity contribution is 5.30. The fourth-order valence-electron chi connectivity index (χ4n) is 1.92. The molecule has 1 N–H and O–H groups in total. The molecule has 0 aliphatic heterocycles. The first kappa shape index (κ1) is 14.3. The van der Waals surface area contributed by atoms with Crippen LogP contribution in [-0.4, -0.2) is 17.2 Å². The summed E-state index contributed by atoms with van der Waals surface area (Å²) >= 11 is 0. The molecule has 2 rings (SSSR count). The average Bonchev–Trinajstić information content (AvgIpc) is 2.44. The summed E-state index contributed by atoms with van der Waals surface area (Å²) in [5.41, 5.74) is 2.53. The smallest absolute Gasteiger partial charge is 0.130 e. The van der Waals surface area contributed by atoms with E-state index in [1.165, 1.54) is 0 Å². The monoisotopic (exact) mass is 273 g/mol. The molecule has 1 heterocycles. The second-order valence-electron chi connectivity index (χ2n) is 4.68. The van der Waals surface area contributed by atoms with Crippen molar-refractivity contribution in [1.82, 2.24) is 4.98 Å². The van der Waals surface area contributed by atoms with Crippen molar-refractivity contribution in [2.45, 2.75) is 26.6 Å². The molecule has 1 aromatic heterocycles. The Kier molecular flexibility index (Phi) is 4.58. The molecule has 0 fully saturated rings. The average molecular weight is 273 g/mol. The summed E-state index contributed by atoms with van der Waals surface area (Å²) in [6.45, 7) is 4.01. The van der Waals surface area contributed by atoms with Crippen LogP contribution in [0.3, 0.4) is 0 Å². The second kappa shape index (κ2) is 6.39. The highest BCUT2D eigenvalue weighted by Gasteiger charge is 2.04. The summed E-state index contributed by atoms with van der Waals surface area (Å²) in [4.78, 5) is 4.40. The van der Waals surface area contributed by atoms with Gasteiger partial charge in [0, 0.05) is 17.8 Å². The van der Waals surface area contributed by atoms with Crippen LogP contribution in [0.15, 0.2) is 36.4 Å². The summed E-state index contributed by atoms with van der Waals surface area (Å²) < 4.78 is 10.9. The van der Waals surface area contributed by atoms with Crippen LogP contribution in [0, 0.1) is 6.92 Å². The molecule has 4 nitrogen and oxygen atoms in total. The largest absolute Gasteiger partial charge is 0.497 e. The predicted octanol–water partition coefficient (Wildman–Crippen LogP) is 3.03. The molecule has 0 unspecified atom stereocenters. The Morgan fingerprint density at radius 1 is 1.20 bits per heavy atom. The van der Waals surface area contributed by atoms with Crippen molar-refractivity contribution in [3.05, 3.63) is 53.3 Å². The third kappa shape index (κ3) is 3.71. The van der Waals surface area contributed by atoms with E-state index < -0.39 is 6.10 Å². The Balaban J connectivity index is 2.08. The molecule has 2 aromatic rings. The van der Waals surface area contributed by atoms with Gasteiger partial charge < -0.3 is 14.6 Å². The Bertz CT molecular complexity index is 582. The lowest BCUT2D eigenvalue weighted by Gasteiger charge is -2.10. The minimum Gasteiger partial charge on any atom is -0.497 e. The zero-order valence-corrected chi connectivity index (χ0v) is 12.0. The van der Waals surface area contributed by atoms with Crippen LogP contribution in [0.2, 0.25) is 0 Å². The van der Waals surface area contributed by atoms with Gasteiger partial charge in [-0.3, -0.25) is 4.98 Å². The van der Waals surface area contributed by atoms with Crippen molar-refractivity contribution in [3.8, 4) is 11.5 Å². The quantitative estimate of drug-likeness (QED) is 0.909. The standard InChI is InChI=1S/C16H19NO3/c1-11-7-16(19-3)9-14(17-11)10-20-15-6-4-5-13(8-15)12(2)18/h4-9,12,18H,10H2,1-3H3/t12-/m1/s1. The second-order valence-corrected chi connectivity index (χ2v) is 4.68. The molecular formula is C16H19NO3. The zero-order valence-electron chi connectivity index (χ0n) is 12.0. The number of benzene rings is 1. The van der Waals surface area contributed by atoms with Crippen molar-refractivity contribution in [1.29, 1.82) is 0 Å². The number of methoxy groups -OCH3 is 1. The molecule has 0 aliphatic rings. The van der Waals surface area contributed by atoms with E-state index in [9.17, 15) is 5.11 Å². The molecule has 20 heavy (non-hydrogen) atoms. The Labute approximate surface area is 119 Å². The van der Waals surface area contributed by atoms with Crippen LogP contribution in [-0.2, 0) is 6.61 Å². The van der Waals surface area contributed by atoms with E-state index in [0.717, 1.165) is 22.7 Å². The van der Waals surface area contributed by atoms with E-state index >= 15 is 0 Å². The number of ether oxygens (including phenoxy) is 2. The molecular weight excluding hydrogens is 254 g/mol. The van der Waals surface area contributed by atoms with Crippen molar-refractivity contribution >= 4 is 0 Å². The van der Waals surface area contributed by atoms with Crippen LogP contribution in [0.4, 0.5) is 0 Å². The number of pyridine rings is 1. The molecule has 0 saturated carbocycles. The SMILES string of the molecule is COc1cc(C)nc(COc2cccc([C@@H](C)O)c2)c1. The van der Waals surface area contributed by atoms with E-state index in [1.54, 1.807) is 14.0 Å². The topological polar surface area (TPSA) is 51.6 Å². The van der Waals surface area contributed by atoms with Gasteiger partial charge in [0.25, 0.3) is 0 Å². The minimum atomic E-state index is -0.504. The Hall–Kier alpha value is -2.07. The lowest BCUT2D eigenvalue weighted by Crippen LogP contribution is -2.01. The van der Waals surface area contributed by atoms with E-state index in [1.807, 2.05) is 43.3 Å². The molecule has 0 saturated heterocycles. The van der Waals surface area contributed by atoms with Crippen molar-refractivity contribution in [3.63, 3.8) is 0 Å². The van der Waals surface area contributed by atoms with Gasteiger partial charge in [0.2, 0.25) is 0 Å². The number of aliphatic hydroxyl groups is 1. The van der Waals surface area contributed by atoms with Crippen molar-refractivity contribution < 1.29 is 14.6 Å². The molecule has 106 valence electrons. The summed E-state index contributed by atoms with van der Waals surface area (Å²) in [5.74, 6) is 1.49. The third-order valence-corrected chi connectivity index (χ3v) is 2.94. The highest BCUT2D eigenvalue weighted by Crippen LogP contribution is 2.20. The molecule has 1 atom stereocenters. The Morgan fingerprint density at radius 2 is 2.00 bits per heavy atom. The fourth-order valence-corrected chi connectivity index (χ4v) is 1.92. The highest BCUT2D eigenvalue weighted by atomic mass is 16.5. The van der Waals surface area contributed by atoms with Gasteiger partial charge in [-0.2, -0.15) is 0 Å². The normalized spacial score (nSPS) is 12.0. The predicted molar refractivity (Wildman–Crippen MR) is 76.9 cm³/mol. The van der Waals surface area contributed by atoms with Crippen molar-refractivity contribution in [2.75, 3.05) is 7.11 Å². The zero-order chi connectivity index (χ0) is 14.5. The number of rotatable bonds is 5. The molecule has 4 heteroatoms. The van der Waals surface area contributed by atoms with Gasteiger partial charge in [-0.05, 0) is 31.5 Å². The lowest BCUT2D eigenvalue weighted by atomic mass is 10.1. The lowest BCUT2D eigenvalue weighted by molar-refractivity contribution is 0.198. The number of aryl methyl sites for hydroxylation is 1. The van der Waals surface area contributed by atoms with E-state index in [2.05, 4.69) is 4.98 Å². The van der Waals surface area contributed by atoms with Gasteiger partial charge in [-0.1, -0.05) is 12.1 Å². The van der Waals surface area contributed by atoms with E-state index in [4.69, 9.17) is 9.47 Å². The summed E-state index contributed by atoms with van der Waals surface area (Å²) in [5, 5.41) is 9.55. The number of aliphatic hydroxyl groups excluding tert-OH is 1. The van der Waals surface area contributed by atoms with Gasteiger partial charge in [0.15, 0.2) is 0 Å². The maximum atomic E-state index is 9.55. The van der Waals surface area contributed by atoms with Gasteiger partial charge >= 0.3 is 0 Å². The fraction of sp³-hybridized carbons (Fsp3) is 0.312. The summed E-state index contributed by atoms with van der Waals surface area (Å²) in [6, 6.07) is 11.1. The number of hydrogen-bond donors (Lipinski definition) is 1. The van der Waals surface area contributed by atoms with Crippen LogP contribution >= 0.6 is 0 Å². The first-order valence-electron chi connectivity index (χ1n) is 6.51. The first-order valence-corrected chi connectivity index (χ1v) is 6.51. The molecule has 0 aliphatic carbocycles. The number of hydrogen-bond acceptors (Lipinski definition) is 4. The van der Waals surface area contributed by atoms with Crippen LogP contribution in [0.5, 0.6) is 11.5 Å². The van der Waals surface area contributed by atoms with E-state index in [0.29, 0.717) is 12.4 Å². The van der Waals surface area contributed by atoms with Gasteiger partial charge in [-0.25, -0.2) is 0 Å². The van der Waals surface area contributed by atoms with Gasteiger partial charge in [-0.15, -0.1) is 0 Å². The molecule has 0 amide bonds. The van der Waals surface area contributed by atoms with Gasteiger partial charge in [0.1, 0.15) is 18.1 Å². The Morgan fingerprint density at radius 3 is 2.70 bits per heavy atom. The molecule has 1 aromatic carbocycles. The maximum Gasteiger partial charge on any atom is 0.130 e. The van der Waals surface area contributed by atoms with Crippen LogP contribution < -0.4 is 9.47 Å². The molecule has 0 spiro atoms. The van der Waals surface area contributed by atoms with Crippen LogP contribution in [0.1, 0.15) is 30.0 Å². The summed E-state index contributed by atoms with van der Waals surface area (Å²) in [6.07, 6.45) is -0.504. The molecule has 0 radical (unpaired) electrons. The summed E-state index contributed by atoms with van der Waals surface area (Å²) in [7, 11) is 1.63. The third-order valence-electron chi connectivity index (χ3n) is 2.94. The maximum absolute atomic E-state index is 9.55. The minimum absolute atomic E-state index is 0.362. The number of nitrogens with zero attached hydrogens (tertiary/aromatic N) is 1. The van der Waals surface area contributed by atoms with Crippen LogP contribution in [0.25, 0.3) is 0 Å².